The third-order valence-corrected chi connectivity index (χ3v) is 4.79. The van der Waals surface area contributed by atoms with Crippen LogP contribution in [-0.4, -0.2) is 18.0 Å². The van der Waals surface area contributed by atoms with Gasteiger partial charge in [0.1, 0.15) is 0 Å². The van der Waals surface area contributed by atoms with Gasteiger partial charge in [0.25, 0.3) is 0 Å². The molecule has 0 saturated heterocycles. The Labute approximate surface area is 89.6 Å². The van der Waals surface area contributed by atoms with E-state index in [1.54, 1.807) is 6.20 Å². The Morgan fingerprint density at radius 1 is 1.50 bits per heavy atom. The SMILES string of the molecule is Cc1ncc2nn([I-]I)cc2n1. The zero-order chi connectivity index (χ0) is 8.55. The third-order valence-electron chi connectivity index (χ3n) is 1.42. The van der Waals surface area contributed by atoms with E-state index in [1.165, 1.54) is 0 Å². The molecule has 0 radical (unpaired) electrons. The second kappa shape index (κ2) is 3.40. The van der Waals surface area contributed by atoms with Crippen molar-refractivity contribution in [1.29, 1.82) is 0 Å². The first-order valence-corrected chi connectivity index (χ1v) is 10.5. The van der Waals surface area contributed by atoms with Gasteiger partial charge in [0.15, 0.2) is 0 Å². The molecule has 0 saturated carbocycles. The second-order valence-electron chi connectivity index (χ2n) is 2.27. The molecule has 0 atom stereocenters. The van der Waals surface area contributed by atoms with E-state index in [9.17, 15) is 0 Å². The Hall–Kier alpha value is 0.01000. The van der Waals surface area contributed by atoms with Crippen LogP contribution in [0.2, 0.25) is 0 Å². The van der Waals surface area contributed by atoms with Crippen molar-refractivity contribution in [2.45, 2.75) is 6.92 Å². The molecule has 0 amide bonds. The van der Waals surface area contributed by atoms with Crippen molar-refractivity contribution < 1.29 is 17.5 Å². The predicted molar refractivity (Wildman–Crippen MR) is 49.5 cm³/mol. The van der Waals surface area contributed by atoms with Gasteiger partial charge in [-0.15, -0.1) is 0 Å². The Balaban J connectivity index is 2.67. The van der Waals surface area contributed by atoms with Crippen LogP contribution in [0.3, 0.4) is 0 Å². The minimum absolute atomic E-state index is 0.0410. The summed E-state index contributed by atoms with van der Waals surface area (Å²) in [4.78, 5) is 8.34. The van der Waals surface area contributed by atoms with Gasteiger partial charge in [-0.3, -0.25) is 0 Å². The van der Waals surface area contributed by atoms with Crippen LogP contribution >= 0.6 is 18.6 Å². The predicted octanol–water partition coefficient (Wildman–Crippen LogP) is -1.66. The summed E-state index contributed by atoms with van der Waals surface area (Å²) in [5, 5.41) is 4.31. The first-order chi connectivity index (χ1) is 5.79. The van der Waals surface area contributed by atoms with Crippen molar-refractivity contribution in [3.05, 3.63) is 18.2 Å². The first-order valence-electron chi connectivity index (χ1n) is 3.25. The third kappa shape index (κ3) is 1.53. The van der Waals surface area contributed by atoms with Gasteiger partial charge in [0.05, 0.1) is 0 Å². The number of aromatic nitrogens is 4. The zero-order valence-electron chi connectivity index (χ0n) is 6.20. The normalized spacial score (nSPS) is 11.2. The Kier molecular flexibility index (Phi) is 2.44. The van der Waals surface area contributed by atoms with E-state index in [4.69, 9.17) is 0 Å². The number of halogens is 2. The number of aryl methyl sites for hydroxylation is 1. The van der Waals surface area contributed by atoms with Crippen LogP contribution in [0.1, 0.15) is 5.82 Å². The Bertz CT molecular complexity index is 411. The minimum atomic E-state index is -0.0410. The average Bonchev–Trinajstić information content (AvgIpc) is 2.46. The first kappa shape index (κ1) is 8.60. The molecule has 2 heterocycles. The molecule has 0 N–H and O–H groups in total. The molecule has 0 bridgehead atoms. The van der Waals surface area contributed by atoms with Crippen molar-refractivity contribution >= 4 is 29.6 Å². The molecule has 0 aromatic carbocycles. The molecule has 0 aliphatic carbocycles. The molecule has 2 rings (SSSR count). The molecule has 6 heteroatoms. The van der Waals surface area contributed by atoms with Crippen molar-refractivity contribution in [3.8, 4) is 0 Å². The number of rotatable bonds is 1. The molecule has 64 valence electrons. The molecule has 12 heavy (non-hydrogen) atoms. The number of nitrogens with zero attached hydrogens (tertiary/aromatic N) is 4. The topological polar surface area (TPSA) is 43.6 Å². The summed E-state index contributed by atoms with van der Waals surface area (Å²) in [5.74, 6) is 0.800. The number of fused-ring (bicyclic) bond motifs is 1. The van der Waals surface area contributed by atoms with E-state index >= 15 is 0 Å². The summed E-state index contributed by atoms with van der Waals surface area (Å²) in [7, 11) is 0. The quantitative estimate of drug-likeness (QED) is 0.551. The maximum atomic E-state index is 4.31. The standard InChI is InChI=1S/C6H5I2N4/c1-4-9-2-5-6(10-4)3-12(8-7)11-5/h2-3H,1H3/q-1. The molecule has 0 aliphatic rings. The molecule has 2 aromatic heterocycles. The fourth-order valence-electron chi connectivity index (χ4n) is 0.919. The molecular formula is C6H5I2N4-. The number of hydrogen-bond acceptors (Lipinski definition) is 3. The molecule has 0 fully saturated rings. The van der Waals surface area contributed by atoms with E-state index in [0.717, 1.165) is 16.9 Å². The molecule has 0 spiro atoms. The fourth-order valence-corrected chi connectivity index (χ4v) is 2.85. The van der Waals surface area contributed by atoms with E-state index in [-0.39, 0.29) is 17.5 Å². The van der Waals surface area contributed by atoms with Gasteiger partial charge in [0.2, 0.25) is 0 Å². The molecule has 0 aliphatic heterocycles. The summed E-state index contributed by atoms with van der Waals surface area (Å²) in [5.41, 5.74) is 1.83. The van der Waals surface area contributed by atoms with Crippen molar-refractivity contribution in [1.82, 2.24) is 18.0 Å². The Morgan fingerprint density at radius 3 is 3.08 bits per heavy atom. The fraction of sp³-hybridized carbons (Fsp3) is 0.167. The van der Waals surface area contributed by atoms with Crippen LogP contribution < -0.4 is 17.5 Å². The summed E-state index contributed by atoms with van der Waals surface area (Å²) < 4.78 is 1.96. The van der Waals surface area contributed by atoms with Gasteiger partial charge in [-0.2, -0.15) is 0 Å². The van der Waals surface area contributed by atoms with Crippen molar-refractivity contribution in [2.75, 3.05) is 0 Å². The van der Waals surface area contributed by atoms with Gasteiger partial charge in [0, 0.05) is 0 Å². The van der Waals surface area contributed by atoms with Crippen molar-refractivity contribution in [2.24, 2.45) is 0 Å². The van der Waals surface area contributed by atoms with Crippen LogP contribution in [-0.2, 0) is 0 Å². The van der Waals surface area contributed by atoms with Gasteiger partial charge in [-0.1, -0.05) is 0 Å². The van der Waals surface area contributed by atoms with E-state index < -0.39 is 0 Å². The monoisotopic (exact) mass is 387 g/mol. The van der Waals surface area contributed by atoms with Crippen molar-refractivity contribution in [3.63, 3.8) is 0 Å². The Morgan fingerprint density at radius 2 is 2.33 bits per heavy atom. The molecule has 4 nitrogen and oxygen atoms in total. The van der Waals surface area contributed by atoms with Crippen LogP contribution in [0.15, 0.2) is 12.4 Å². The molecular weight excluding hydrogens is 382 g/mol. The summed E-state index contributed by atoms with van der Waals surface area (Å²) in [6, 6.07) is 0. The summed E-state index contributed by atoms with van der Waals surface area (Å²) in [6.07, 6.45) is 3.74. The van der Waals surface area contributed by atoms with Crippen LogP contribution in [0.25, 0.3) is 11.0 Å². The van der Waals surface area contributed by atoms with Gasteiger partial charge in [-0.25, -0.2) is 0 Å². The van der Waals surface area contributed by atoms with E-state index in [2.05, 4.69) is 33.7 Å². The van der Waals surface area contributed by atoms with E-state index in [0.29, 0.717) is 0 Å². The number of hydrogen-bond donors (Lipinski definition) is 0. The van der Waals surface area contributed by atoms with Crippen LogP contribution in [0.4, 0.5) is 0 Å². The summed E-state index contributed by atoms with van der Waals surface area (Å²) >= 11 is 2.32. The molecule has 2 aromatic rings. The van der Waals surface area contributed by atoms with Gasteiger partial charge < -0.3 is 0 Å². The van der Waals surface area contributed by atoms with Crippen LogP contribution in [0.5, 0.6) is 0 Å². The molecule has 0 unspecified atom stereocenters. The second-order valence-corrected chi connectivity index (χ2v) is 6.07. The summed E-state index contributed by atoms with van der Waals surface area (Å²) in [6.45, 7) is 1.88. The maximum absolute atomic E-state index is 4.31. The zero-order valence-corrected chi connectivity index (χ0v) is 10.5. The van der Waals surface area contributed by atoms with Gasteiger partial charge in [-0.05, 0) is 0 Å². The van der Waals surface area contributed by atoms with Gasteiger partial charge >= 0.3 is 90.3 Å². The van der Waals surface area contributed by atoms with E-state index in [1.807, 2.05) is 16.0 Å². The van der Waals surface area contributed by atoms with Crippen LogP contribution in [0, 0.1) is 6.92 Å². The average molecular weight is 387 g/mol.